The van der Waals surface area contributed by atoms with Crippen molar-refractivity contribution in [2.45, 2.75) is 12.2 Å². The number of esters is 1. The molecule has 8 nitrogen and oxygen atoms in total. The van der Waals surface area contributed by atoms with Crippen LogP contribution in [0.4, 0.5) is 0 Å². The fourth-order valence-corrected chi connectivity index (χ4v) is 0.823. The second-order valence-electron chi connectivity index (χ2n) is 3.45. The maximum Gasteiger partial charge on any atom is 0.377 e. The van der Waals surface area contributed by atoms with E-state index in [2.05, 4.69) is 4.74 Å². The van der Waals surface area contributed by atoms with Gasteiger partial charge in [-0.1, -0.05) is 0 Å². The van der Waals surface area contributed by atoms with Crippen LogP contribution in [0.3, 0.4) is 0 Å². The summed E-state index contributed by atoms with van der Waals surface area (Å²) in [5, 5.41) is 35.0. The molecular weight excluding hydrogens is 256 g/mol. The van der Waals surface area contributed by atoms with E-state index in [4.69, 9.17) is 20.4 Å². The summed E-state index contributed by atoms with van der Waals surface area (Å²) in [6.45, 7) is -0.671. The fourth-order valence-electron chi connectivity index (χ4n) is 0.823. The third-order valence-electron chi connectivity index (χ3n) is 1.48. The van der Waals surface area contributed by atoms with Crippen molar-refractivity contribution in [1.82, 2.24) is 0 Å². The number of sulfone groups is 1. The zero-order valence-corrected chi connectivity index (χ0v) is 10.0. The predicted molar refractivity (Wildman–Crippen MR) is 56.0 cm³/mol. The summed E-state index contributed by atoms with van der Waals surface area (Å²) in [4.78, 5) is 10.5. The first-order chi connectivity index (χ1) is 7.57. The number of rotatable bonds is 2. The van der Waals surface area contributed by atoms with Crippen LogP contribution < -0.4 is 0 Å². The average Bonchev–Trinajstić information content (AvgIpc) is 2.42. The molecule has 1 aliphatic rings. The van der Waals surface area contributed by atoms with Crippen molar-refractivity contribution in [3.8, 4) is 0 Å². The molecule has 1 rings (SSSR count). The minimum absolute atomic E-state index is 0.671. The van der Waals surface area contributed by atoms with Gasteiger partial charge in [-0.3, -0.25) is 0 Å². The zero-order valence-electron chi connectivity index (χ0n) is 9.19. The van der Waals surface area contributed by atoms with Gasteiger partial charge in [-0.05, 0) is 0 Å². The van der Waals surface area contributed by atoms with E-state index in [0.717, 1.165) is 12.5 Å². The van der Waals surface area contributed by atoms with Gasteiger partial charge in [-0.2, -0.15) is 0 Å². The molecule has 0 spiro atoms. The van der Waals surface area contributed by atoms with E-state index in [1.807, 2.05) is 0 Å². The van der Waals surface area contributed by atoms with Crippen molar-refractivity contribution in [2.75, 3.05) is 19.1 Å². The van der Waals surface area contributed by atoms with Crippen molar-refractivity contribution in [1.29, 1.82) is 0 Å². The number of carbonyl (C=O) groups excluding carboxylic acids is 1. The summed E-state index contributed by atoms with van der Waals surface area (Å²) < 4.78 is 23.6. The highest BCUT2D eigenvalue weighted by molar-refractivity contribution is 7.89. The van der Waals surface area contributed by atoms with Crippen molar-refractivity contribution < 1.29 is 38.4 Å². The van der Waals surface area contributed by atoms with Gasteiger partial charge in [0.25, 0.3) is 0 Å². The lowest BCUT2D eigenvalue weighted by Gasteiger charge is -2.13. The number of aliphatic hydroxyl groups excluding tert-OH is 4. The van der Waals surface area contributed by atoms with E-state index in [1.54, 1.807) is 0 Å². The first kappa shape index (κ1) is 15.7. The summed E-state index contributed by atoms with van der Waals surface area (Å²) in [6, 6.07) is 0. The lowest BCUT2D eigenvalue weighted by Crippen LogP contribution is -2.31. The Labute approximate surface area is 97.7 Å². The van der Waals surface area contributed by atoms with Crippen LogP contribution in [-0.2, 0) is 19.4 Å². The Bertz CT molecular complexity index is 401. The third-order valence-corrected chi connectivity index (χ3v) is 1.48. The smallest absolute Gasteiger partial charge is 0.377 e. The van der Waals surface area contributed by atoms with Crippen LogP contribution in [0.25, 0.3) is 0 Å². The van der Waals surface area contributed by atoms with Crippen LogP contribution in [0.2, 0.25) is 0 Å². The molecule has 0 radical (unpaired) electrons. The fraction of sp³-hybridized carbons (Fsp3) is 0.625. The molecule has 0 saturated heterocycles. The van der Waals surface area contributed by atoms with E-state index < -0.39 is 46.1 Å². The lowest BCUT2D eigenvalue weighted by molar-refractivity contribution is -0.147. The second kappa shape index (κ2) is 5.84. The van der Waals surface area contributed by atoms with Crippen LogP contribution in [0.5, 0.6) is 0 Å². The Morgan fingerprint density at radius 1 is 1.35 bits per heavy atom. The van der Waals surface area contributed by atoms with Gasteiger partial charge >= 0.3 is 5.97 Å². The molecule has 0 aromatic rings. The summed E-state index contributed by atoms with van der Waals surface area (Å²) in [5.41, 5.74) is 0. The van der Waals surface area contributed by atoms with E-state index in [0.29, 0.717) is 0 Å². The van der Waals surface area contributed by atoms with Gasteiger partial charge in [0.15, 0.2) is 11.9 Å². The Morgan fingerprint density at radius 3 is 2.00 bits per heavy atom. The molecule has 1 aliphatic heterocycles. The molecule has 0 fully saturated rings. The molecule has 1 heterocycles. The molecular formula is C8H14O8S. The number of cyclic esters (lactones) is 1. The van der Waals surface area contributed by atoms with E-state index in [9.17, 15) is 13.2 Å². The first-order valence-electron chi connectivity index (χ1n) is 4.35. The van der Waals surface area contributed by atoms with Crippen LogP contribution in [0.1, 0.15) is 0 Å². The van der Waals surface area contributed by atoms with Crippen LogP contribution in [0.15, 0.2) is 11.5 Å². The highest BCUT2D eigenvalue weighted by Gasteiger charge is 2.38. The van der Waals surface area contributed by atoms with Gasteiger partial charge in [-0.15, -0.1) is 0 Å². The second-order valence-corrected chi connectivity index (χ2v) is 5.74. The molecule has 2 atom stereocenters. The highest BCUT2D eigenvalue weighted by atomic mass is 32.2. The molecule has 0 saturated carbocycles. The number of hydrogen-bond acceptors (Lipinski definition) is 8. The van der Waals surface area contributed by atoms with Crippen molar-refractivity contribution in [3.63, 3.8) is 0 Å². The number of ether oxygens (including phenoxy) is 1. The van der Waals surface area contributed by atoms with Gasteiger partial charge < -0.3 is 25.2 Å². The largest absolute Gasteiger partial charge is 0.505 e. The quantitative estimate of drug-likeness (QED) is 0.433. The summed E-state index contributed by atoms with van der Waals surface area (Å²) in [5.74, 6) is -2.78. The zero-order chi connectivity index (χ0) is 13.8. The maximum atomic E-state index is 10.5. The number of aliphatic hydroxyl groups is 4. The Balaban J connectivity index is 0.000000437. The Morgan fingerprint density at radius 2 is 1.76 bits per heavy atom. The predicted octanol–water partition coefficient (Wildman–Crippen LogP) is -1.75. The van der Waals surface area contributed by atoms with Crippen molar-refractivity contribution in [2.24, 2.45) is 0 Å². The topological polar surface area (TPSA) is 141 Å². The van der Waals surface area contributed by atoms with Gasteiger partial charge in [0.05, 0.1) is 6.61 Å². The van der Waals surface area contributed by atoms with E-state index in [1.165, 1.54) is 0 Å². The third kappa shape index (κ3) is 5.52. The number of hydrogen-bond donors (Lipinski definition) is 4. The standard InChI is InChI=1S/C6H8O6.C2H6O2S/c7-1-2(8)5-3(9)4(10)6(11)12-5;1-5(2,3)4/h2,5,7-10H,1H2;1-2H3/t2-,5+;/m0./s1. The minimum Gasteiger partial charge on any atom is -0.505 e. The summed E-state index contributed by atoms with van der Waals surface area (Å²) >= 11 is 0. The molecule has 0 aromatic heterocycles. The van der Waals surface area contributed by atoms with Crippen molar-refractivity contribution in [3.05, 3.63) is 11.5 Å². The molecule has 100 valence electrons. The molecule has 9 heteroatoms. The van der Waals surface area contributed by atoms with Crippen LogP contribution >= 0.6 is 0 Å². The maximum absolute atomic E-state index is 10.5. The SMILES string of the molecule is CS(C)(=O)=O.O=C1O[C@H]([C@@H](O)CO)C(O)=C1O. The summed E-state index contributed by atoms with van der Waals surface area (Å²) in [7, 11) is -2.67. The molecule has 4 N–H and O–H groups in total. The van der Waals surface area contributed by atoms with Crippen molar-refractivity contribution >= 4 is 15.8 Å². The van der Waals surface area contributed by atoms with Crippen LogP contribution in [0, 0.1) is 0 Å². The van der Waals surface area contributed by atoms with Gasteiger partial charge in [0.2, 0.25) is 5.76 Å². The highest BCUT2D eigenvalue weighted by Crippen LogP contribution is 2.20. The average molecular weight is 270 g/mol. The molecule has 0 aliphatic carbocycles. The van der Waals surface area contributed by atoms with E-state index in [-0.39, 0.29) is 0 Å². The summed E-state index contributed by atoms with van der Waals surface area (Å²) in [6.07, 6.45) is -0.457. The Kier molecular flexibility index (Phi) is 5.39. The first-order valence-corrected chi connectivity index (χ1v) is 6.65. The van der Waals surface area contributed by atoms with Gasteiger partial charge in [0.1, 0.15) is 15.9 Å². The lowest BCUT2D eigenvalue weighted by atomic mass is 10.2. The number of carbonyl (C=O) groups is 1. The van der Waals surface area contributed by atoms with Gasteiger partial charge in [0, 0.05) is 12.5 Å². The van der Waals surface area contributed by atoms with Crippen LogP contribution in [-0.4, -0.2) is 66.1 Å². The molecule has 0 bridgehead atoms. The molecule has 0 unspecified atom stereocenters. The minimum atomic E-state index is -2.67. The molecule has 17 heavy (non-hydrogen) atoms. The molecule has 0 amide bonds. The van der Waals surface area contributed by atoms with Gasteiger partial charge in [-0.25, -0.2) is 13.2 Å². The van der Waals surface area contributed by atoms with E-state index >= 15 is 0 Å². The monoisotopic (exact) mass is 270 g/mol. The molecule has 0 aromatic carbocycles. The Hall–Kier alpha value is -1.32. The normalized spacial score (nSPS) is 21.6.